The summed E-state index contributed by atoms with van der Waals surface area (Å²) in [5.74, 6) is -0.198. The molecule has 2 unspecified atom stereocenters. The molecule has 0 saturated heterocycles. The fourth-order valence-electron chi connectivity index (χ4n) is 1.51. The van der Waals surface area contributed by atoms with Gasteiger partial charge in [0.1, 0.15) is 5.83 Å². The van der Waals surface area contributed by atoms with Gasteiger partial charge < -0.3 is 4.99 Å². The van der Waals surface area contributed by atoms with Crippen LogP contribution in [0.25, 0.3) is 0 Å². The molecule has 0 N–H and O–H groups in total. The van der Waals surface area contributed by atoms with Gasteiger partial charge in [0.05, 0.1) is 0 Å². The molecule has 2 atom stereocenters. The van der Waals surface area contributed by atoms with E-state index in [4.69, 9.17) is 0 Å². The van der Waals surface area contributed by atoms with Gasteiger partial charge in [0, 0.05) is 28.7 Å². The van der Waals surface area contributed by atoms with Gasteiger partial charge in [0.2, 0.25) is 0 Å². The molecule has 3 heteroatoms. The molecule has 0 fully saturated rings. The Labute approximate surface area is 97.6 Å². The summed E-state index contributed by atoms with van der Waals surface area (Å²) in [6.07, 6.45) is 5.09. The van der Waals surface area contributed by atoms with Crippen LogP contribution in [0.4, 0.5) is 4.39 Å². The van der Waals surface area contributed by atoms with E-state index >= 15 is 0 Å². The van der Waals surface area contributed by atoms with Gasteiger partial charge >= 0.3 is 0 Å². The Kier molecular flexibility index (Phi) is 4.04. The lowest BCUT2D eigenvalue weighted by Crippen LogP contribution is -2.19. The van der Waals surface area contributed by atoms with E-state index in [0.29, 0.717) is 0 Å². The lowest BCUT2D eigenvalue weighted by atomic mass is 9.83. The summed E-state index contributed by atoms with van der Waals surface area (Å²) in [5, 5.41) is 0. The third-order valence-corrected chi connectivity index (χ3v) is 3.00. The van der Waals surface area contributed by atoms with Crippen molar-refractivity contribution in [3.63, 3.8) is 0 Å². The van der Waals surface area contributed by atoms with Gasteiger partial charge in [-0.1, -0.05) is 19.6 Å². The van der Waals surface area contributed by atoms with E-state index in [9.17, 15) is 4.39 Å². The summed E-state index contributed by atoms with van der Waals surface area (Å²) in [6.45, 7) is 5.74. The highest BCUT2D eigenvalue weighted by atomic mass is 127. The molecule has 1 nitrogen and oxygen atoms in total. The van der Waals surface area contributed by atoms with Gasteiger partial charge in [-0.25, -0.2) is 4.39 Å². The molecule has 0 radical (unpaired) electrons. The number of hydrogen-bond acceptors (Lipinski definition) is 1. The van der Waals surface area contributed by atoms with E-state index in [1.54, 1.807) is 19.3 Å². The second-order valence-corrected chi connectivity index (χ2v) is 4.60. The zero-order valence-electron chi connectivity index (χ0n) is 8.30. The molecule has 0 aliphatic heterocycles. The van der Waals surface area contributed by atoms with Gasteiger partial charge in [-0.2, -0.15) is 0 Å². The molecule has 0 aromatic rings. The Morgan fingerprint density at radius 1 is 1.64 bits per heavy atom. The number of hydrogen-bond donors (Lipinski definition) is 0. The van der Waals surface area contributed by atoms with Crippen molar-refractivity contribution < 1.29 is 4.39 Å². The van der Waals surface area contributed by atoms with Crippen molar-refractivity contribution in [1.29, 1.82) is 0 Å². The van der Waals surface area contributed by atoms with Crippen LogP contribution < -0.4 is 0 Å². The molecule has 1 aliphatic rings. The van der Waals surface area contributed by atoms with E-state index in [0.717, 1.165) is 9.15 Å². The first-order valence-electron chi connectivity index (χ1n) is 4.42. The summed E-state index contributed by atoms with van der Waals surface area (Å²) >= 11 is 2.16. The Morgan fingerprint density at radius 2 is 2.29 bits per heavy atom. The molecule has 0 spiro atoms. The summed E-state index contributed by atoms with van der Waals surface area (Å²) < 4.78 is 14.3. The first kappa shape index (κ1) is 11.6. The minimum absolute atomic E-state index is 0.0226. The van der Waals surface area contributed by atoms with E-state index in [1.165, 1.54) is 6.08 Å². The van der Waals surface area contributed by atoms with Crippen LogP contribution in [-0.4, -0.2) is 13.3 Å². The predicted octanol–water partition coefficient (Wildman–Crippen LogP) is 3.68. The molecule has 76 valence electrons. The van der Waals surface area contributed by atoms with E-state index in [1.807, 2.05) is 6.92 Å². The van der Waals surface area contributed by atoms with Crippen molar-refractivity contribution >= 4 is 28.8 Å². The largest absolute Gasteiger partial charge is 0.300 e. The monoisotopic (exact) mass is 305 g/mol. The smallest absolute Gasteiger partial charge is 0.104 e. The highest BCUT2D eigenvalue weighted by Gasteiger charge is 2.26. The van der Waals surface area contributed by atoms with Crippen LogP contribution in [0.5, 0.6) is 0 Å². The van der Waals surface area contributed by atoms with Gasteiger partial charge in [-0.3, -0.25) is 0 Å². The highest BCUT2D eigenvalue weighted by molar-refractivity contribution is 14.1. The van der Waals surface area contributed by atoms with Crippen molar-refractivity contribution in [3.05, 3.63) is 33.7 Å². The Morgan fingerprint density at radius 3 is 2.79 bits per heavy atom. The van der Waals surface area contributed by atoms with Crippen molar-refractivity contribution in [1.82, 2.24) is 0 Å². The standard InChI is InChI=1S/C11H13FIN/c1-7-10(6-14-3)9(8(2)13)4-5-11(7)12/h4-7,10H,2H2,1,3H3/b14-6-. The zero-order valence-corrected chi connectivity index (χ0v) is 10.5. The van der Waals surface area contributed by atoms with Crippen LogP contribution in [0.2, 0.25) is 0 Å². The van der Waals surface area contributed by atoms with Gasteiger partial charge in [-0.05, 0) is 34.2 Å². The predicted molar refractivity (Wildman–Crippen MR) is 67.5 cm³/mol. The Balaban J connectivity index is 3.06. The average Bonchev–Trinajstić information content (AvgIpc) is 2.13. The first-order valence-corrected chi connectivity index (χ1v) is 5.50. The summed E-state index contributed by atoms with van der Waals surface area (Å²) in [7, 11) is 1.70. The van der Waals surface area contributed by atoms with Gasteiger partial charge in [-0.15, -0.1) is 0 Å². The van der Waals surface area contributed by atoms with Crippen LogP contribution in [-0.2, 0) is 0 Å². The summed E-state index contributed by atoms with van der Waals surface area (Å²) in [5.41, 5.74) is 1.06. The van der Waals surface area contributed by atoms with Crippen LogP contribution in [0, 0.1) is 11.8 Å². The third-order valence-electron chi connectivity index (χ3n) is 2.38. The molecule has 0 heterocycles. The quantitative estimate of drug-likeness (QED) is 0.545. The fraction of sp³-hybridized carbons (Fsp3) is 0.364. The van der Waals surface area contributed by atoms with Crippen LogP contribution >= 0.6 is 22.6 Å². The topological polar surface area (TPSA) is 12.4 Å². The second kappa shape index (κ2) is 4.87. The van der Waals surface area contributed by atoms with Crippen molar-refractivity contribution in [3.8, 4) is 0 Å². The second-order valence-electron chi connectivity index (χ2n) is 3.30. The fourth-order valence-corrected chi connectivity index (χ4v) is 2.05. The van der Waals surface area contributed by atoms with Crippen molar-refractivity contribution in [2.24, 2.45) is 16.8 Å². The molecule has 0 aromatic carbocycles. The van der Waals surface area contributed by atoms with E-state index in [-0.39, 0.29) is 17.7 Å². The molecular formula is C11H13FIN. The molecule has 0 aromatic heterocycles. The van der Waals surface area contributed by atoms with E-state index < -0.39 is 0 Å². The molecule has 1 rings (SSSR count). The summed E-state index contributed by atoms with van der Waals surface area (Å²) in [6, 6.07) is 0. The normalized spacial score (nSPS) is 27.4. The molecule has 0 bridgehead atoms. The maximum absolute atomic E-state index is 13.3. The third kappa shape index (κ3) is 2.32. The number of nitrogens with zero attached hydrogens (tertiary/aromatic N) is 1. The maximum Gasteiger partial charge on any atom is 0.104 e. The number of aliphatic imine (C=N–C) groups is 1. The molecule has 14 heavy (non-hydrogen) atoms. The van der Waals surface area contributed by atoms with E-state index in [2.05, 4.69) is 34.2 Å². The number of rotatable bonds is 2. The van der Waals surface area contributed by atoms with Crippen LogP contribution in [0.1, 0.15) is 6.92 Å². The SMILES string of the molecule is C=C(I)C1=CC=C(F)C(C)C1/C=N\C. The number of allylic oxidation sites excluding steroid dienone is 5. The van der Waals surface area contributed by atoms with Crippen LogP contribution in [0.15, 0.2) is 38.7 Å². The zero-order chi connectivity index (χ0) is 10.7. The first-order chi connectivity index (χ1) is 6.57. The van der Waals surface area contributed by atoms with Crippen molar-refractivity contribution in [2.75, 3.05) is 7.05 Å². The lowest BCUT2D eigenvalue weighted by Gasteiger charge is -2.24. The van der Waals surface area contributed by atoms with Gasteiger partial charge in [0.25, 0.3) is 0 Å². The lowest BCUT2D eigenvalue weighted by molar-refractivity contribution is 0.449. The van der Waals surface area contributed by atoms with Gasteiger partial charge in [0.15, 0.2) is 0 Å². The minimum Gasteiger partial charge on any atom is -0.300 e. The molecule has 1 aliphatic carbocycles. The summed E-state index contributed by atoms with van der Waals surface area (Å²) in [4.78, 5) is 3.97. The number of halogens is 2. The Hall–Kier alpha value is -0.450. The highest BCUT2D eigenvalue weighted by Crippen LogP contribution is 2.35. The van der Waals surface area contributed by atoms with Crippen molar-refractivity contribution in [2.45, 2.75) is 6.92 Å². The Bertz CT molecular complexity index is 328. The maximum atomic E-state index is 13.3. The molecular weight excluding hydrogens is 292 g/mol. The minimum atomic E-state index is -0.134. The molecule has 0 amide bonds. The molecule has 0 saturated carbocycles. The van der Waals surface area contributed by atoms with Crippen LogP contribution in [0.3, 0.4) is 0 Å². The average molecular weight is 305 g/mol.